The fraction of sp³-hybridized carbons (Fsp3) is 0.192. The highest BCUT2D eigenvalue weighted by Gasteiger charge is 2.42. The van der Waals surface area contributed by atoms with Gasteiger partial charge < -0.3 is 94.4 Å². The lowest BCUT2D eigenvalue weighted by atomic mass is 9.90. The van der Waals surface area contributed by atoms with E-state index in [-0.39, 0.29) is 0 Å². The van der Waals surface area contributed by atoms with Crippen molar-refractivity contribution >= 4 is 35.8 Å². The number of aromatic hydroxyl groups is 12. The molecule has 0 aromatic heterocycles. The van der Waals surface area contributed by atoms with Crippen molar-refractivity contribution in [3.05, 3.63) is 143 Å². The molecule has 0 heterocycles. The van der Waals surface area contributed by atoms with Crippen LogP contribution in [0.3, 0.4) is 0 Å². The maximum Gasteiger partial charge on any atom is 0.342 e. The summed E-state index contributed by atoms with van der Waals surface area (Å²) in [6.07, 6.45) is 0. The average Bonchev–Trinajstić information content (AvgIpc) is 3.40. The Kier molecular flexibility index (Phi) is 17.6. The van der Waals surface area contributed by atoms with Crippen LogP contribution in [0.25, 0.3) is 0 Å². The maximum atomic E-state index is 13.6. The second-order valence-corrected chi connectivity index (χ2v) is 17.2. The molecule has 6 aromatic carbocycles. The number of esters is 6. The summed E-state index contributed by atoms with van der Waals surface area (Å²) >= 11 is 0. The number of ether oxygens (including phenoxy) is 7. The SMILES string of the molecule is O=C(OCC(COCC(COC(=O)c1cc(O)ccc1O)(COC(=O)c1cc(O)ccc1O)COC(=O)c1cc(O)ccc1O)(COC(=O)c1cc(O)ccc1O)COC(=O)c1cc(O)ccc1O)c1cc(O)ccc1O. The molecule has 0 spiro atoms. The molecule has 0 unspecified atom stereocenters. The molecular weight excluding hydrogens is 1020 g/mol. The van der Waals surface area contributed by atoms with E-state index in [1.807, 2.05) is 0 Å². The number of carbonyl (C=O) groups excluding carboxylic acids is 6. The van der Waals surface area contributed by atoms with Crippen molar-refractivity contribution in [1.82, 2.24) is 0 Å². The lowest BCUT2D eigenvalue weighted by Crippen LogP contribution is -2.47. The predicted molar refractivity (Wildman–Crippen MR) is 256 cm³/mol. The molecule has 77 heavy (non-hydrogen) atoms. The van der Waals surface area contributed by atoms with Gasteiger partial charge in [-0.1, -0.05) is 0 Å². The van der Waals surface area contributed by atoms with Crippen LogP contribution >= 0.6 is 0 Å². The minimum Gasteiger partial charge on any atom is -0.508 e. The first kappa shape index (κ1) is 56.0. The number of hydrogen-bond donors (Lipinski definition) is 12. The molecule has 6 aromatic rings. The van der Waals surface area contributed by atoms with E-state index in [0.29, 0.717) is 0 Å². The van der Waals surface area contributed by atoms with Crippen molar-refractivity contribution < 1.29 is 123 Å². The third-order valence-electron chi connectivity index (χ3n) is 11.1. The summed E-state index contributed by atoms with van der Waals surface area (Å²) in [6, 6.07) is 16.7. The molecule has 0 amide bonds. The molecule has 0 aliphatic rings. The third-order valence-corrected chi connectivity index (χ3v) is 11.1. The largest absolute Gasteiger partial charge is 0.508 e. The van der Waals surface area contributed by atoms with Gasteiger partial charge in [-0.15, -0.1) is 0 Å². The van der Waals surface area contributed by atoms with Crippen LogP contribution in [-0.4, -0.2) is 150 Å². The fourth-order valence-corrected chi connectivity index (χ4v) is 6.89. The molecule has 404 valence electrons. The third kappa shape index (κ3) is 14.5. The van der Waals surface area contributed by atoms with E-state index in [1.54, 1.807) is 0 Å². The molecular formula is C52H46O25. The Hall–Kier alpha value is -10.3. The van der Waals surface area contributed by atoms with E-state index in [2.05, 4.69) is 0 Å². The molecule has 0 radical (unpaired) electrons. The van der Waals surface area contributed by atoms with Crippen molar-refractivity contribution in [2.75, 3.05) is 52.9 Å². The van der Waals surface area contributed by atoms with E-state index in [0.717, 1.165) is 109 Å². The van der Waals surface area contributed by atoms with E-state index >= 15 is 0 Å². The summed E-state index contributed by atoms with van der Waals surface area (Å²) < 4.78 is 39.3. The highest BCUT2D eigenvalue weighted by molar-refractivity contribution is 5.96. The zero-order chi connectivity index (χ0) is 56.2. The van der Waals surface area contributed by atoms with Gasteiger partial charge in [0.1, 0.15) is 142 Å². The summed E-state index contributed by atoms with van der Waals surface area (Å²) in [5.41, 5.74) is -8.25. The number of phenolic OH excluding ortho intramolecular Hbond substituents is 12. The molecule has 0 fully saturated rings. The van der Waals surface area contributed by atoms with Crippen LogP contribution in [0.15, 0.2) is 109 Å². The highest BCUT2D eigenvalue weighted by Crippen LogP contribution is 2.34. The Balaban J connectivity index is 1.44. The maximum absolute atomic E-state index is 13.6. The van der Waals surface area contributed by atoms with Crippen molar-refractivity contribution in [3.8, 4) is 69.0 Å². The fourth-order valence-electron chi connectivity index (χ4n) is 6.89. The van der Waals surface area contributed by atoms with Gasteiger partial charge in [-0.25, -0.2) is 28.8 Å². The number of benzene rings is 6. The van der Waals surface area contributed by atoms with Gasteiger partial charge >= 0.3 is 35.8 Å². The van der Waals surface area contributed by atoms with Crippen LogP contribution in [0.4, 0.5) is 0 Å². The number of rotatable bonds is 22. The zero-order valence-electron chi connectivity index (χ0n) is 39.7. The average molecular weight is 1070 g/mol. The minimum absolute atomic E-state index is 0.514. The number of carbonyl (C=O) groups is 6. The van der Waals surface area contributed by atoms with Gasteiger partial charge in [0, 0.05) is 0 Å². The van der Waals surface area contributed by atoms with E-state index in [1.165, 1.54) is 0 Å². The normalized spacial score (nSPS) is 11.2. The summed E-state index contributed by atoms with van der Waals surface area (Å²) in [4.78, 5) is 81.6. The van der Waals surface area contributed by atoms with Crippen LogP contribution < -0.4 is 0 Å². The Morgan fingerprint density at radius 3 is 0.571 bits per heavy atom. The first-order valence-electron chi connectivity index (χ1n) is 22.2. The van der Waals surface area contributed by atoms with Crippen molar-refractivity contribution in [2.24, 2.45) is 10.8 Å². The summed E-state index contributed by atoms with van der Waals surface area (Å²) in [5.74, 6) is -15.5. The molecule has 0 saturated heterocycles. The number of phenols is 12. The number of hydrogen-bond acceptors (Lipinski definition) is 25. The molecule has 25 nitrogen and oxygen atoms in total. The van der Waals surface area contributed by atoms with Gasteiger partial charge in [-0.3, -0.25) is 0 Å². The highest BCUT2D eigenvalue weighted by atomic mass is 16.6. The van der Waals surface area contributed by atoms with E-state index < -0.39 is 202 Å². The molecule has 0 atom stereocenters. The van der Waals surface area contributed by atoms with Gasteiger partial charge in [-0.2, -0.15) is 0 Å². The predicted octanol–water partition coefficient (Wildman–Crippen LogP) is 4.59. The van der Waals surface area contributed by atoms with Gasteiger partial charge in [0.15, 0.2) is 0 Å². The van der Waals surface area contributed by atoms with Crippen LogP contribution in [0.5, 0.6) is 69.0 Å². The van der Waals surface area contributed by atoms with Gasteiger partial charge in [-0.05, 0) is 109 Å². The quantitative estimate of drug-likeness (QED) is 0.0251. The minimum atomic E-state index is -2.25. The van der Waals surface area contributed by atoms with Crippen LogP contribution in [0.2, 0.25) is 0 Å². The zero-order valence-corrected chi connectivity index (χ0v) is 39.7. The molecule has 6 rings (SSSR count). The monoisotopic (exact) mass is 1070 g/mol. The smallest absolute Gasteiger partial charge is 0.342 e. The molecule has 25 heteroatoms. The second kappa shape index (κ2) is 24.2. The Morgan fingerprint density at radius 2 is 0.416 bits per heavy atom. The molecule has 0 saturated carbocycles. The van der Waals surface area contributed by atoms with Gasteiger partial charge in [0.05, 0.1) is 24.0 Å². The van der Waals surface area contributed by atoms with Gasteiger partial charge in [0.25, 0.3) is 0 Å². The summed E-state index contributed by atoms with van der Waals surface area (Å²) in [6.45, 7) is -8.45. The Morgan fingerprint density at radius 1 is 0.260 bits per heavy atom. The van der Waals surface area contributed by atoms with Crippen molar-refractivity contribution in [3.63, 3.8) is 0 Å². The summed E-state index contributed by atoms with van der Waals surface area (Å²) in [7, 11) is 0. The van der Waals surface area contributed by atoms with Crippen LogP contribution in [0, 0.1) is 10.8 Å². The summed E-state index contributed by atoms with van der Waals surface area (Å²) in [5, 5.41) is 124. The van der Waals surface area contributed by atoms with E-state index in [4.69, 9.17) is 33.2 Å². The second-order valence-electron chi connectivity index (χ2n) is 17.2. The lowest BCUT2D eigenvalue weighted by molar-refractivity contribution is -0.112. The molecule has 0 aliphatic heterocycles. The molecule has 12 N–H and O–H groups in total. The molecule has 0 aliphatic carbocycles. The first-order chi connectivity index (χ1) is 36.5. The standard InChI is InChI=1S/C52H46O25/c53-27-1-7-39(59)33(13-27)45(65)72-21-51(22-73-46(66)34-14-28(54)2-8-40(34)60,23-74-47(67)35-15-29(55)3-9-41(35)61)19-71-20-52(24-75-48(68)36-16-30(56)4-10-42(36)62,25-76-49(69)37-17-31(57)5-11-43(37)63)26-77-50(70)38-18-32(58)6-12-44(38)64/h1-18,53-64H,19-26H2. The Labute approximate surface area is 433 Å². The first-order valence-corrected chi connectivity index (χ1v) is 22.2. The van der Waals surface area contributed by atoms with E-state index in [9.17, 15) is 90.0 Å². The van der Waals surface area contributed by atoms with Crippen LogP contribution in [-0.2, 0) is 33.2 Å². The van der Waals surface area contributed by atoms with Crippen molar-refractivity contribution in [1.29, 1.82) is 0 Å². The lowest BCUT2D eigenvalue weighted by Gasteiger charge is -2.35. The van der Waals surface area contributed by atoms with Crippen molar-refractivity contribution in [2.45, 2.75) is 0 Å². The van der Waals surface area contributed by atoms with Crippen LogP contribution in [0.1, 0.15) is 62.1 Å². The topological polar surface area (TPSA) is 410 Å². The van der Waals surface area contributed by atoms with Gasteiger partial charge in [0.2, 0.25) is 0 Å². The molecule has 0 bridgehead atoms. The Bertz CT molecular complexity index is 2670.